The number of fused-ring (bicyclic) bond motifs is 1. The minimum atomic E-state index is -0.477. The van der Waals surface area contributed by atoms with Gasteiger partial charge in [-0.1, -0.05) is 41.4 Å². The highest BCUT2D eigenvalue weighted by molar-refractivity contribution is 9.10. The van der Waals surface area contributed by atoms with Gasteiger partial charge in [0.15, 0.2) is 12.1 Å². The van der Waals surface area contributed by atoms with Crippen LogP contribution in [0, 0.1) is 12.7 Å². The van der Waals surface area contributed by atoms with Crippen LogP contribution in [0.1, 0.15) is 31.8 Å². The molecule has 0 saturated carbocycles. The molecule has 0 unspecified atom stereocenters. The Balaban J connectivity index is 0.000000216. The number of ketones is 1. The molecule has 4 rings (SSSR count). The lowest BCUT2D eigenvalue weighted by atomic mass is 10.0. The Hall–Kier alpha value is -2.54. The Morgan fingerprint density at radius 3 is 2.43 bits per heavy atom. The highest BCUT2D eigenvalue weighted by Gasteiger charge is 2.19. The molecular weight excluding hydrogens is 494 g/mol. The SMILES string of the molecule is Cc1cccc(C(=O)c2c[nH]c3ncc(Br)cc23)c1F.O=Cc1c(Cl)cccc1Cl. The van der Waals surface area contributed by atoms with Crippen molar-refractivity contribution in [2.24, 2.45) is 0 Å². The first-order valence-electron chi connectivity index (χ1n) is 8.65. The monoisotopic (exact) mass is 506 g/mol. The molecule has 2 aromatic heterocycles. The predicted molar refractivity (Wildman–Crippen MR) is 120 cm³/mol. The maximum atomic E-state index is 14.1. The minimum Gasteiger partial charge on any atom is -0.345 e. The molecule has 152 valence electrons. The topological polar surface area (TPSA) is 62.8 Å². The second kappa shape index (κ2) is 9.51. The van der Waals surface area contributed by atoms with Crippen LogP contribution in [0.2, 0.25) is 10.0 Å². The number of aryl methyl sites for hydroxylation is 1. The number of aromatic amines is 1. The number of nitrogens with zero attached hydrogens (tertiary/aromatic N) is 1. The molecule has 2 aromatic carbocycles. The molecule has 4 aromatic rings. The Morgan fingerprint density at radius 1 is 1.13 bits per heavy atom. The molecule has 2 heterocycles. The molecule has 0 radical (unpaired) electrons. The summed E-state index contributed by atoms with van der Waals surface area (Å²) in [6.45, 7) is 1.64. The number of pyridine rings is 1. The molecule has 0 spiro atoms. The molecule has 8 heteroatoms. The number of aldehydes is 1. The first kappa shape index (κ1) is 22.2. The zero-order chi connectivity index (χ0) is 21.8. The normalized spacial score (nSPS) is 10.4. The number of hydrogen-bond donors (Lipinski definition) is 1. The standard InChI is InChI=1S/C15H10BrFN2O.C7H4Cl2O/c1-8-3-2-4-10(13(8)17)14(20)12-7-19-15-11(12)5-9(16)6-18-15;8-6-2-1-3-7(9)5(6)4-10/h2-7H,1H3,(H,18,19);1-4H. The van der Waals surface area contributed by atoms with Gasteiger partial charge in [-0.25, -0.2) is 9.37 Å². The highest BCUT2D eigenvalue weighted by atomic mass is 79.9. The summed E-state index contributed by atoms with van der Waals surface area (Å²) in [6, 6.07) is 11.5. The van der Waals surface area contributed by atoms with Crippen molar-refractivity contribution in [3.8, 4) is 0 Å². The fourth-order valence-corrected chi connectivity index (χ4v) is 3.57. The van der Waals surface area contributed by atoms with E-state index in [1.54, 1.807) is 55.7 Å². The number of nitrogens with one attached hydrogen (secondary N) is 1. The van der Waals surface area contributed by atoms with Crippen LogP contribution in [0.25, 0.3) is 11.0 Å². The molecule has 0 amide bonds. The van der Waals surface area contributed by atoms with Crippen LogP contribution in [0.15, 0.2) is 59.3 Å². The van der Waals surface area contributed by atoms with Gasteiger partial charge < -0.3 is 4.98 Å². The van der Waals surface area contributed by atoms with Crippen molar-refractivity contribution in [3.63, 3.8) is 0 Å². The molecular formula is C22H14BrCl2FN2O2. The molecule has 0 atom stereocenters. The summed E-state index contributed by atoms with van der Waals surface area (Å²) in [5.74, 6) is -0.827. The Kier molecular flexibility index (Phi) is 7.02. The largest absolute Gasteiger partial charge is 0.345 e. The number of rotatable bonds is 3. The lowest BCUT2D eigenvalue weighted by Crippen LogP contribution is -2.04. The Bertz CT molecular complexity index is 1240. The summed E-state index contributed by atoms with van der Waals surface area (Å²) in [6.07, 6.45) is 3.85. The van der Waals surface area contributed by atoms with Crippen molar-refractivity contribution in [2.75, 3.05) is 0 Å². The summed E-state index contributed by atoms with van der Waals surface area (Å²) in [7, 11) is 0. The third-order valence-electron chi connectivity index (χ3n) is 4.30. The lowest BCUT2D eigenvalue weighted by Gasteiger charge is -2.04. The van der Waals surface area contributed by atoms with E-state index in [0.29, 0.717) is 44.1 Å². The fraction of sp³-hybridized carbons (Fsp3) is 0.0455. The number of H-pyrrole nitrogens is 1. The zero-order valence-corrected chi connectivity index (χ0v) is 18.6. The van der Waals surface area contributed by atoms with Crippen molar-refractivity contribution < 1.29 is 14.0 Å². The van der Waals surface area contributed by atoms with Crippen LogP contribution >= 0.6 is 39.1 Å². The van der Waals surface area contributed by atoms with Gasteiger partial charge in [-0.05, 0) is 52.7 Å². The van der Waals surface area contributed by atoms with Crippen LogP contribution < -0.4 is 0 Å². The van der Waals surface area contributed by atoms with Gasteiger partial charge in [0.2, 0.25) is 0 Å². The fourth-order valence-electron chi connectivity index (χ4n) is 2.76. The van der Waals surface area contributed by atoms with E-state index in [2.05, 4.69) is 25.9 Å². The summed E-state index contributed by atoms with van der Waals surface area (Å²) in [4.78, 5) is 29.9. The van der Waals surface area contributed by atoms with Gasteiger partial charge in [0.05, 0.1) is 21.2 Å². The van der Waals surface area contributed by atoms with Crippen molar-refractivity contribution in [1.82, 2.24) is 9.97 Å². The molecule has 0 bridgehead atoms. The van der Waals surface area contributed by atoms with E-state index < -0.39 is 5.82 Å². The van der Waals surface area contributed by atoms with E-state index in [0.717, 1.165) is 4.47 Å². The van der Waals surface area contributed by atoms with Crippen molar-refractivity contribution >= 4 is 62.2 Å². The number of halogens is 4. The molecule has 0 aliphatic heterocycles. The third-order valence-corrected chi connectivity index (χ3v) is 5.39. The first-order chi connectivity index (χ1) is 14.3. The van der Waals surface area contributed by atoms with Crippen molar-refractivity contribution in [1.29, 1.82) is 0 Å². The second-order valence-electron chi connectivity index (χ2n) is 6.27. The summed E-state index contributed by atoms with van der Waals surface area (Å²) >= 11 is 14.5. The Labute approximate surface area is 190 Å². The van der Waals surface area contributed by atoms with Crippen molar-refractivity contribution in [2.45, 2.75) is 6.92 Å². The van der Waals surface area contributed by atoms with Gasteiger partial charge in [-0.15, -0.1) is 0 Å². The van der Waals surface area contributed by atoms with Crippen molar-refractivity contribution in [3.05, 3.63) is 97.4 Å². The number of hydrogen-bond acceptors (Lipinski definition) is 3. The maximum absolute atomic E-state index is 14.1. The maximum Gasteiger partial charge on any atom is 0.198 e. The van der Waals surface area contributed by atoms with Crippen LogP contribution in [0.4, 0.5) is 4.39 Å². The molecule has 30 heavy (non-hydrogen) atoms. The van der Waals surface area contributed by atoms with Gasteiger partial charge in [0.1, 0.15) is 11.5 Å². The van der Waals surface area contributed by atoms with Gasteiger partial charge in [0.25, 0.3) is 0 Å². The van der Waals surface area contributed by atoms with Gasteiger partial charge in [-0.2, -0.15) is 0 Å². The smallest absolute Gasteiger partial charge is 0.198 e. The average molecular weight is 508 g/mol. The molecule has 4 nitrogen and oxygen atoms in total. The summed E-state index contributed by atoms with van der Waals surface area (Å²) < 4.78 is 14.8. The molecule has 0 aliphatic rings. The van der Waals surface area contributed by atoms with Crippen LogP contribution in [0.5, 0.6) is 0 Å². The first-order valence-corrected chi connectivity index (χ1v) is 10.2. The van der Waals surface area contributed by atoms with E-state index in [9.17, 15) is 14.0 Å². The van der Waals surface area contributed by atoms with E-state index in [1.165, 1.54) is 6.07 Å². The second-order valence-corrected chi connectivity index (χ2v) is 8.00. The van der Waals surface area contributed by atoms with Crippen LogP contribution in [-0.4, -0.2) is 22.0 Å². The third kappa shape index (κ3) is 4.61. The number of benzene rings is 2. The number of aromatic nitrogens is 2. The quantitative estimate of drug-likeness (QED) is 0.244. The number of carbonyl (C=O) groups is 2. The molecule has 0 saturated heterocycles. The molecule has 1 N–H and O–H groups in total. The Morgan fingerprint density at radius 2 is 1.80 bits per heavy atom. The summed E-state index contributed by atoms with van der Waals surface area (Å²) in [5.41, 5.74) is 1.90. The minimum absolute atomic E-state index is 0.0749. The van der Waals surface area contributed by atoms with Gasteiger partial charge in [-0.3, -0.25) is 9.59 Å². The van der Waals surface area contributed by atoms with Crippen LogP contribution in [-0.2, 0) is 0 Å². The summed E-state index contributed by atoms with van der Waals surface area (Å²) in [5, 5.41) is 1.45. The van der Waals surface area contributed by atoms with Gasteiger partial charge >= 0.3 is 0 Å². The van der Waals surface area contributed by atoms with E-state index in [4.69, 9.17) is 23.2 Å². The van der Waals surface area contributed by atoms with E-state index in [-0.39, 0.29) is 11.3 Å². The van der Waals surface area contributed by atoms with E-state index >= 15 is 0 Å². The number of carbonyl (C=O) groups excluding carboxylic acids is 2. The average Bonchev–Trinajstić information content (AvgIpc) is 3.13. The lowest BCUT2D eigenvalue weighted by molar-refractivity contribution is 0.103. The zero-order valence-electron chi connectivity index (χ0n) is 15.5. The molecule has 0 aliphatic carbocycles. The predicted octanol–water partition coefficient (Wildman–Crippen LogP) is 6.81. The highest BCUT2D eigenvalue weighted by Crippen LogP contribution is 2.24. The van der Waals surface area contributed by atoms with E-state index in [1.807, 2.05) is 0 Å². The van der Waals surface area contributed by atoms with Crippen LogP contribution in [0.3, 0.4) is 0 Å². The van der Waals surface area contributed by atoms with Gasteiger partial charge in [0, 0.05) is 27.8 Å². The molecule has 0 fully saturated rings.